The third-order valence-electron chi connectivity index (χ3n) is 2.61. The van der Waals surface area contributed by atoms with Crippen molar-refractivity contribution in [2.75, 3.05) is 13.7 Å². The van der Waals surface area contributed by atoms with Crippen LogP contribution in [0.25, 0.3) is 0 Å². The van der Waals surface area contributed by atoms with E-state index in [0.29, 0.717) is 11.7 Å². The maximum absolute atomic E-state index is 9.28. The lowest BCUT2D eigenvalue weighted by Gasteiger charge is -2.05. The number of benzene rings is 1. The average molecular weight is 178 g/mol. The van der Waals surface area contributed by atoms with Crippen molar-refractivity contribution < 1.29 is 9.84 Å². The summed E-state index contributed by atoms with van der Waals surface area (Å²) in [5, 5.41) is 9.28. The molecular weight excluding hydrogens is 164 g/mol. The van der Waals surface area contributed by atoms with Crippen LogP contribution in [0.15, 0.2) is 18.2 Å². The van der Waals surface area contributed by atoms with Crippen molar-refractivity contribution in [2.45, 2.75) is 12.8 Å². The van der Waals surface area contributed by atoms with Gasteiger partial charge in [-0.05, 0) is 42.0 Å². The second-order valence-corrected chi connectivity index (χ2v) is 3.68. The van der Waals surface area contributed by atoms with E-state index in [1.807, 2.05) is 12.1 Å². The summed E-state index contributed by atoms with van der Waals surface area (Å²) in [5.74, 6) is 0.971. The van der Waals surface area contributed by atoms with Gasteiger partial charge in [0.2, 0.25) is 0 Å². The highest BCUT2D eigenvalue weighted by Gasteiger charge is 2.21. The van der Waals surface area contributed by atoms with Gasteiger partial charge >= 0.3 is 0 Å². The van der Waals surface area contributed by atoms with E-state index in [1.165, 1.54) is 11.1 Å². The fraction of sp³-hybridized carbons (Fsp3) is 0.455. The van der Waals surface area contributed by atoms with Gasteiger partial charge in [0.05, 0.1) is 0 Å². The first-order chi connectivity index (χ1) is 6.29. The number of aromatic hydroxyl groups is 1. The molecule has 0 fully saturated rings. The van der Waals surface area contributed by atoms with Crippen LogP contribution >= 0.6 is 0 Å². The predicted octanol–water partition coefficient (Wildman–Crippen LogP) is 1.75. The molecule has 0 amide bonds. The molecule has 1 aliphatic carbocycles. The standard InChI is InChI=1S/C11H14O2/c1-13-7-8-4-9-2-3-11(12)6-10(9)5-8/h2-3,6,8,12H,4-5,7H2,1H3. The Morgan fingerprint density at radius 2 is 2.15 bits per heavy atom. The SMILES string of the molecule is COCC1Cc2ccc(O)cc2C1. The zero-order valence-corrected chi connectivity index (χ0v) is 7.79. The number of fused-ring (bicyclic) bond motifs is 1. The molecule has 2 rings (SSSR count). The van der Waals surface area contributed by atoms with Crippen LogP contribution < -0.4 is 0 Å². The van der Waals surface area contributed by atoms with Crippen LogP contribution in [0.2, 0.25) is 0 Å². The number of methoxy groups -OCH3 is 1. The van der Waals surface area contributed by atoms with Crippen LogP contribution in [-0.2, 0) is 17.6 Å². The van der Waals surface area contributed by atoms with Crippen LogP contribution in [0.3, 0.4) is 0 Å². The number of hydrogen-bond acceptors (Lipinski definition) is 2. The first-order valence-corrected chi connectivity index (χ1v) is 4.59. The summed E-state index contributed by atoms with van der Waals surface area (Å²) in [7, 11) is 1.74. The fourth-order valence-electron chi connectivity index (χ4n) is 2.05. The Kier molecular flexibility index (Phi) is 2.23. The summed E-state index contributed by atoms with van der Waals surface area (Å²) in [6.45, 7) is 0.815. The molecule has 13 heavy (non-hydrogen) atoms. The first kappa shape index (κ1) is 8.57. The van der Waals surface area contributed by atoms with Crippen molar-refractivity contribution in [3.8, 4) is 5.75 Å². The van der Waals surface area contributed by atoms with Gasteiger partial charge in [-0.25, -0.2) is 0 Å². The number of phenols is 1. The molecular formula is C11H14O2. The molecule has 0 saturated heterocycles. The highest BCUT2D eigenvalue weighted by molar-refractivity contribution is 5.38. The van der Waals surface area contributed by atoms with Crippen molar-refractivity contribution in [2.24, 2.45) is 5.92 Å². The summed E-state index contributed by atoms with van der Waals surface area (Å²) in [5.41, 5.74) is 2.64. The topological polar surface area (TPSA) is 29.5 Å². The second kappa shape index (κ2) is 3.38. The lowest BCUT2D eigenvalue weighted by Crippen LogP contribution is -2.07. The molecule has 70 valence electrons. The Morgan fingerprint density at radius 1 is 1.38 bits per heavy atom. The normalized spacial score (nSPS) is 20.2. The summed E-state index contributed by atoms with van der Waals surface area (Å²) in [4.78, 5) is 0. The van der Waals surface area contributed by atoms with E-state index in [0.717, 1.165) is 19.4 Å². The van der Waals surface area contributed by atoms with Gasteiger partial charge in [0.25, 0.3) is 0 Å². The van der Waals surface area contributed by atoms with E-state index in [4.69, 9.17) is 4.74 Å². The van der Waals surface area contributed by atoms with E-state index < -0.39 is 0 Å². The van der Waals surface area contributed by atoms with Crippen molar-refractivity contribution in [3.63, 3.8) is 0 Å². The van der Waals surface area contributed by atoms with E-state index in [1.54, 1.807) is 13.2 Å². The van der Waals surface area contributed by atoms with Gasteiger partial charge < -0.3 is 9.84 Å². The van der Waals surface area contributed by atoms with Crippen LogP contribution in [0.5, 0.6) is 5.75 Å². The lowest BCUT2D eigenvalue weighted by atomic mass is 10.1. The summed E-state index contributed by atoms with van der Waals surface area (Å²) < 4.78 is 5.12. The smallest absolute Gasteiger partial charge is 0.115 e. The zero-order valence-electron chi connectivity index (χ0n) is 7.79. The Morgan fingerprint density at radius 3 is 2.92 bits per heavy atom. The molecule has 0 radical (unpaired) electrons. The van der Waals surface area contributed by atoms with Gasteiger partial charge in [0.1, 0.15) is 5.75 Å². The molecule has 0 aromatic heterocycles. The first-order valence-electron chi connectivity index (χ1n) is 4.59. The molecule has 0 heterocycles. The summed E-state index contributed by atoms with van der Waals surface area (Å²) in [6.07, 6.45) is 2.13. The molecule has 0 saturated carbocycles. The largest absolute Gasteiger partial charge is 0.508 e. The molecule has 1 atom stereocenters. The minimum absolute atomic E-state index is 0.372. The van der Waals surface area contributed by atoms with Gasteiger partial charge in [0, 0.05) is 13.7 Å². The third-order valence-corrected chi connectivity index (χ3v) is 2.61. The molecule has 0 aliphatic heterocycles. The zero-order chi connectivity index (χ0) is 9.26. The molecule has 2 nitrogen and oxygen atoms in total. The Labute approximate surface area is 78.2 Å². The van der Waals surface area contributed by atoms with Gasteiger partial charge in [0.15, 0.2) is 0 Å². The van der Waals surface area contributed by atoms with Crippen molar-refractivity contribution in [1.82, 2.24) is 0 Å². The number of ether oxygens (including phenoxy) is 1. The van der Waals surface area contributed by atoms with Gasteiger partial charge in [-0.15, -0.1) is 0 Å². The van der Waals surface area contributed by atoms with Crippen molar-refractivity contribution in [1.29, 1.82) is 0 Å². The van der Waals surface area contributed by atoms with E-state index in [9.17, 15) is 5.11 Å². The van der Waals surface area contributed by atoms with Gasteiger partial charge in [-0.1, -0.05) is 6.07 Å². The number of rotatable bonds is 2. The molecule has 0 spiro atoms. The quantitative estimate of drug-likeness (QED) is 0.747. The van der Waals surface area contributed by atoms with Crippen LogP contribution in [0.1, 0.15) is 11.1 Å². The average Bonchev–Trinajstić information content (AvgIpc) is 2.46. The maximum Gasteiger partial charge on any atom is 0.115 e. The predicted molar refractivity (Wildman–Crippen MR) is 50.9 cm³/mol. The maximum atomic E-state index is 9.28. The minimum Gasteiger partial charge on any atom is -0.508 e. The molecule has 0 bridgehead atoms. The summed E-state index contributed by atoms with van der Waals surface area (Å²) >= 11 is 0. The molecule has 1 aromatic carbocycles. The molecule has 2 heteroatoms. The van der Waals surface area contributed by atoms with E-state index >= 15 is 0 Å². The van der Waals surface area contributed by atoms with Crippen LogP contribution in [0.4, 0.5) is 0 Å². The minimum atomic E-state index is 0.372. The van der Waals surface area contributed by atoms with Crippen LogP contribution in [-0.4, -0.2) is 18.8 Å². The fourth-order valence-corrected chi connectivity index (χ4v) is 2.05. The van der Waals surface area contributed by atoms with E-state index in [2.05, 4.69) is 0 Å². The summed E-state index contributed by atoms with van der Waals surface area (Å²) in [6, 6.07) is 5.64. The number of phenolic OH excluding ortho intramolecular Hbond substituents is 1. The number of hydrogen-bond donors (Lipinski definition) is 1. The van der Waals surface area contributed by atoms with Gasteiger partial charge in [-0.3, -0.25) is 0 Å². The lowest BCUT2D eigenvalue weighted by molar-refractivity contribution is 0.156. The second-order valence-electron chi connectivity index (χ2n) is 3.68. The molecule has 1 N–H and O–H groups in total. The Hall–Kier alpha value is -1.02. The molecule has 1 aliphatic rings. The van der Waals surface area contributed by atoms with Crippen LogP contribution in [0, 0.1) is 5.92 Å². The molecule has 1 unspecified atom stereocenters. The molecule has 1 aromatic rings. The van der Waals surface area contributed by atoms with Crippen molar-refractivity contribution >= 4 is 0 Å². The van der Waals surface area contributed by atoms with E-state index in [-0.39, 0.29) is 0 Å². The monoisotopic (exact) mass is 178 g/mol. The Bertz CT molecular complexity index is 307. The third kappa shape index (κ3) is 1.68. The van der Waals surface area contributed by atoms with Crippen molar-refractivity contribution in [3.05, 3.63) is 29.3 Å². The Balaban J connectivity index is 2.16. The highest BCUT2D eigenvalue weighted by atomic mass is 16.5. The van der Waals surface area contributed by atoms with Gasteiger partial charge in [-0.2, -0.15) is 0 Å². The highest BCUT2D eigenvalue weighted by Crippen LogP contribution is 2.29.